The van der Waals surface area contributed by atoms with Crippen LogP contribution in [0.4, 0.5) is 0 Å². The Morgan fingerprint density at radius 2 is 1.83 bits per heavy atom. The number of carbonyl (C=O) groups excluding carboxylic acids is 2. The van der Waals surface area contributed by atoms with Crippen molar-refractivity contribution in [2.45, 2.75) is 33.7 Å². The van der Waals surface area contributed by atoms with Gasteiger partial charge in [0.25, 0.3) is 11.5 Å². The van der Waals surface area contributed by atoms with Crippen molar-refractivity contribution in [1.82, 2.24) is 14.0 Å². The zero-order chi connectivity index (χ0) is 25.8. The van der Waals surface area contributed by atoms with Crippen LogP contribution in [0.3, 0.4) is 0 Å². The van der Waals surface area contributed by atoms with Crippen LogP contribution in [-0.2, 0) is 16.0 Å². The number of hydrogen-bond donors (Lipinski definition) is 0. The summed E-state index contributed by atoms with van der Waals surface area (Å²) in [7, 11) is 1.59. The fraction of sp³-hybridized carbons (Fsp3) is 0.296. The Balaban J connectivity index is 2.11. The number of fused-ring (bicyclic) bond motifs is 2. The maximum Gasteiger partial charge on any atom is 0.341 e. The maximum absolute atomic E-state index is 13.5. The van der Waals surface area contributed by atoms with Gasteiger partial charge in [-0.2, -0.15) is 4.99 Å². The monoisotopic (exact) mass is 488 g/mol. The minimum Gasteiger partial charge on any atom is -0.462 e. The first-order valence-electron chi connectivity index (χ1n) is 11.7. The van der Waals surface area contributed by atoms with Crippen LogP contribution >= 0.6 is 0 Å². The molecule has 0 aliphatic carbocycles. The van der Waals surface area contributed by atoms with E-state index in [1.165, 1.54) is 10.5 Å². The first-order valence-corrected chi connectivity index (χ1v) is 11.7. The van der Waals surface area contributed by atoms with Gasteiger partial charge in [0.05, 0.1) is 12.0 Å². The van der Waals surface area contributed by atoms with Crippen molar-refractivity contribution in [3.05, 3.63) is 86.8 Å². The molecule has 4 aromatic rings. The molecule has 3 heterocycles. The van der Waals surface area contributed by atoms with E-state index in [1.54, 1.807) is 43.0 Å². The molecule has 1 aromatic carbocycles. The Kier molecular flexibility index (Phi) is 7.40. The van der Waals surface area contributed by atoms with Crippen LogP contribution in [-0.4, -0.2) is 46.2 Å². The molecule has 9 heteroatoms. The molecule has 0 unspecified atom stereocenters. The highest BCUT2D eigenvalue weighted by molar-refractivity contribution is 5.97. The van der Waals surface area contributed by atoms with E-state index in [4.69, 9.17) is 14.5 Å². The van der Waals surface area contributed by atoms with Crippen molar-refractivity contribution in [3.8, 4) is 0 Å². The first-order chi connectivity index (χ1) is 17.3. The summed E-state index contributed by atoms with van der Waals surface area (Å²) in [5.41, 5.74) is 2.78. The molecule has 0 N–H and O–H groups in total. The maximum atomic E-state index is 13.5. The molecule has 0 aliphatic heterocycles. The number of nitrogens with zero attached hydrogens (tertiary/aromatic N) is 4. The number of rotatable bonds is 7. The van der Waals surface area contributed by atoms with Crippen LogP contribution in [0.2, 0.25) is 0 Å². The quantitative estimate of drug-likeness (QED) is 0.225. The van der Waals surface area contributed by atoms with Crippen molar-refractivity contribution >= 4 is 28.6 Å². The number of carbonyl (C=O) groups is 2. The van der Waals surface area contributed by atoms with Crippen molar-refractivity contribution in [2.24, 2.45) is 4.99 Å². The third-order valence-electron chi connectivity index (χ3n) is 5.84. The average Bonchev–Trinajstić information content (AvgIpc) is 2.86. The summed E-state index contributed by atoms with van der Waals surface area (Å²) in [5.74, 6) is -1.20. The molecule has 0 spiro atoms. The summed E-state index contributed by atoms with van der Waals surface area (Å²) < 4.78 is 13.6. The van der Waals surface area contributed by atoms with Gasteiger partial charge in [-0.05, 0) is 57.0 Å². The first kappa shape index (κ1) is 25.0. The summed E-state index contributed by atoms with van der Waals surface area (Å²) in [6.45, 7) is 6.34. The summed E-state index contributed by atoms with van der Waals surface area (Å²) in [5, 5.41) is 0.223. The summed E-state index contributed by atoms with van der Waals surface area (Å²) in [4.78, 5) is 48.8. The fourth-order valence-corrected chi connectivity index (χ4v) is 4.00. The minimum absolute atomic E-state index is 0.0220. The second kappa shape index (κ2) is 10.7. The van der Waals surface area contributed by atoms with E-state index in [0.717, 1.165) is 11.1 Å². The van der Waals surface area contributed by atoms with Gasteiger partial charge in [-0.3, -0.25) is 14.0 Å². The third kappa shape index (κ3) is 4.83. The SMILES string of the molecule is CCOC(=O)c1cc2c(=O)n3cccc(C)c3nc2n(CCCOC)c1=NC(=O)c1ccc(C)cc1. The van der Waals surface area contributed by atoms with Crippen molar-refractivity contribution in [1.29, 1.82) is 0 Å². The highest BCUT2D eigenvalue weighted by Crippen LogP contribution is 2.14. The molecule has 0 saturated carbocycles. The van der Waals surface area contributed by atoms with Gasteiger partial charge in [0.1, 0.15) is 16.9 Å². The zero-order valence-electron chi connectivity index (χ0n) is 20.8. The molecule has 186 valence electrons. The van der Waals surface area contributed by atoms with Crippen LogP contribution < -0.4 is 11.0 Å². The summed E-state index contributed by atoms with van der Waals surface area (Å²) >= 11 is 0. The van der Waals surface area contributed by atoms with E-state index in [2.05, 4.69) is 4.99 Å². The standard InChI is InChI=1S/C27H28N4O5/c1-5-36-27(34)21-16-20-23(28-22-18(3)8-6-13-31(22)26(20)33)30(14-7-15-35-4)24(21)29-25(32)19-11-9-17(2)10-12-19/h6,8-13,16H,5,7,14-15H2,1-4H3. The molecule has 0 atom stereocenters. The van der Waals surface area contributed by atoms with Gasteiger partial charge >= 0.3 is 5.97 Å². The van der Waals surface area contributed by atoms with E-state index < -0.39 is 11.9 Å². The fourth-order valence-electron chi connectivity index (χ4n) is 4.00. The highest BCUT2D eigenvalue weighted by atomic mass is 16.5. The molecule has 0 aliphatic rings. The number of pyridine rings is 2. The largest absolute Gasteiger partial charge is 0.462 e. The second-order valence-electron chi connectivity index (χ2n) is 8.42. The lowest BCUT2D eigenvalue weighted by Crippen LogP contribution is -2.33. The van der Waals surface area contributed by atoms with E-state index in [9.17, 15) is 14.4 Å². The highest BCUT2D eigenvalue weighted by Gasteiger charge is 2.20. The van der Waals surface area contributed by atoms with E-state index in [-0.39, 0.29) is 28.6 Å². The van der Waals surface area contributed by atoms with Crippen LogP contribution in [0.5, 0.6) is 0 Å². The Labute approximate surface area is 207 Å². The number of methoxy groups -OCH3 is 1. The van der Waals surface area contributed by atoms with E-state index in [1.807, 2.05) is 32.0 Å². The Bertz CT molecular complexity index is 1580. The Morgan fingerprint density at radius 1 is 1.08 bits per heavy atom. The summed E-state index contributed by atoms with van der Waals surface area (Å²) in [6.07, 6.45) is 2.17. The molecule has 36 heavy (non-hydrogen) atoms. The number of aromatic nitrogens is 3. The number of aryl methyl sites for hydroxylation is 3. The number of ether oxygens (including phenoxy) is 2. The lowest BCUT2D eigenvalue weighted by molar-refractivity contribution is 0.0523. The topological polar surface area (TPSA) is 104 Å². The molecule has 1 amide bonds. The van der Waals surface area contributed by atoms with Crippen molar-refractivity contribution < 1.29 is 19.1 Å². The molecule has 0 radical (unpaired) electrons. The zero-order valence-corrected chi connectivity index (χ0v) is 20.8. The van der Waals surface area contributed by atoms with Gasteiger partial charge in [-0.15, -0.1) is 0 Å². The molecule has 0 saturated heterocycles. The number of amides is 1. The number of esters is 1. The summed E-state index contributed by atoms with van der Waals surface area (Å²) in [6, 6.07) is 12.1. The predicted molar refractivity (Wildman–Crippen MR) is 135 cm³/mol. The lowest BCUT2D eigenvalue weighted by Gasteiger charge is -2.15. The molecule has 0 fully saturated rings. The predicted octanol–water partition coefficient (Wildman–Crippen LogP) is 3.22. The number of benzene rings is 1. The Hall–Kier alpha value is -4.11. The van der Waals surface area contributed by atoms with Gasteiger partial charge in [0, 0.05) is 32.0 Å². The van der Waals surface area contributed by atoms with Gasteiger partial charge < -0.3 is 14.0 Å². The van der Waals surface area contributed by atoms with Crippen LogP contribution in [0.25, 0.3) is 16.7 Å². The Morgan fingerprint density at radius 3 is 2.53 bits per heavy atom. The van der Waals surface area contributed by atoms with Gasteiger partial charge in [0.15, 0.2) is 5.49 Å². The van der Waals surface area contributed by atoms with Crippen molar-refractivity contribution in [2.75, 3.05) is 20.3 Å². The molecule has 0 bridgehead atoms. The van der Waals surface area contributed by atoms with Gasteiger partial charge in [-0.1, -0.05) is 23.8 Å². The minimum atomic E-state index is -0.677. The van der Waals surface area contributed by atoms with Crippen molar-refractivity contribution in [3.63, 3.8) is 0 Å². The van der Waals surface area contributed by atoms with Crippen LogP contribution in [0, 0.1) is 13.8 Å². The van der Waals surface area contributed by atoms with Crippen LogP contribution in [0.1, 0.15) is 45.2 Å². The second-order valence-corrected chi connectivity index (χ2v) is 8.42. The third-order valence-corrected chi connectivity index (χ3v) is 5.84. The molecule has 4 rings (SSSR count). The van der Waals surface area contributed by atoms with Gasteiger partial charge in [-0.25, -0.2) is 9.78 Å². The normalized spacial score (nSPS) is 11.8. The smallest absolute Gasteiger partial charge is 0.341 e. The average molecular weight is 489 g/mol. The van der Waals surface area contributed by atoms with E-state index in [0.29, 0.717) is 36.4 Å². The molecular weight excluding hydrogens is 460 g/mol. The molecule has 9 nitrogen and oxygen atoms in total. The van der Waals surface area contributed by atoms with Crippen LogP contribution in [0.15, 0.2) is 58.4 Å². The lowest BCUT2D eigenvalue weighted by atomic mass is 10.1. The number of hydrogen-bond acceptors (Lipinski definition) is 6. The molecular formula is C27H28N4O5. The van der Waals surface area contributed by atoms with Gasteiger partial charge in [0.2, 0.25) is 0 Å². The molecule has 3 aromatic heterocycles. The van der Waals surface area contributed by atoms with E-state index >= 15 is 0 Å².